The molecule has 1 fully saturated rings. The van der Waals surface area contributed by atoms with Crippen LogP contribution in [0, 0.1) is 5.92 Å². The van der Waals surface area contributed by atoms with E-state index in [1.54, 1.807) is 29.6 Å². The summed E-state index contributed by atoms with van der Waals surface area (Å²) in [6.45, 7) is -0.398. The lowest BCUT2D eigenvalue weighted by Gasteiger charge is -2.19. The number of primary amides is 1. The molecule has 1 aromatic heterocycles. The van der Waals surface area contributed by atoms with Crippen LogP contribution in [0.3, 0.4) is 0 Å². The number of amides is 3. The number of benzene rings is 1. The van der Waals surface area contributed by atoms with E-state index >= 15 is 0 Å². The summed E-state index contributed by atoms with van der Waals surface area (Å²) in [5.74, 6) is -2.31. The molecule has 2 heterocycles. The lowest BCUT2D eigenvalue weighted by molar-refractivity contribution is -0.151. The van der Waals surface area contributed by atoms with Crippen LogP contribution < -0.4 is 20.7 Å². The van der Waals surface area contributed by atoms with Gasteiger partial charge in [-0.2, -0.15) is 0 Å². The second-order valence-corrected chi connectivity index (χ2v) is 7.18. The topological polar surface area (TPSA) is 128 Å². The van der Waals surface area contributed by atoms with Crippen molar-refractivity contribution >= 4 is 45.7 Å². The smallest absolute Gasteiger partial charge is 0.311 e. The van der Waals surface area contributed by atoms with Crippen LogP contribution in [0.25, 0.3) is 0 Å². The third-order valence-electron chi connectivity index (χ3n) is 4.36. The number of carbonyl (C=O) groups is 4. The number of methoxy groups -OCH3 is 1. The van der Waals surface area contributed by atoms with Crippen molar-refractivity contribution < 1.29 is 28.7 Å². The van der Waals surface area contributed by atoms with Crippen molar-refractivity contribution in [1.29, 1.82) is 0 Å². The standard InChI is InChI=1S/C19H19N3O6S/c1-27-14-5-3-2-4-13(14)22-9-11(8-16(22)24)19(26)28-10-15(23)21-18-12(17(20)25)6-7-29-18/h2-7,11H,8-10H2,1H3,(H2,20,25)(H,21,23)/t11-/m0/s1. The van der Waals surface area contributed by atoms with Crippen molar-refractivity contribution in [3.63, 3.8) is 0 Å². The van der Waals surface area contributed by atoms with E-state index in [0.717, 1.165) is 11.3 Å². The molecular weight excluding hydrogens is 398 g/mol. The summed E-state index contributed by atoms with van der Waals surface area (Å²) in [4.78, 5) is 49.4. The summed E-state index contributed by atoms with van der Waals surface area (Å²) in [7, 11) is 1.50. The molecule has 1 aromatic carbocycles. The minimum absolute atomic E-state index is 0.0186. The van der Waals surface area contributed by atoms with Gasteiger partial charge in [0.15, 0.2) is 6.61 Å². The quantitative estimate of drug-likeness (QED) is 0.655. The molecule has 152 valence electrons. The summed E-state index contributed by atoms with van der Waals surface area (Å²) in [5, 5.41) is 4.38. The second kappa shape index (κ2) is 8.74. The maximum atomic E-state index is 12.3. The van der Waals surface area contributed by atoms with Crippen LogP contribution in [0.15, 0.2) is 35.7 Å². The molecule has 0 saturated carbocycles. The minimum atomic E-state index is -0.692. The fraction of sp³-hybridized carbons (Fsp3) is 0.263. The molecule has 10 heteroatoms. The van der Waals surface area contributed by atoms with Gasteiger partial charge in [-0.05, 0) is 23.6 Å². The van der Waals surface area contributed by atoms with E-state index in [9.17, 15) is 19.2 Å². The maximum Gasteiger partial charge on any atom is 0.311 e. The summed E-state index contributed by atoms with van der Waals surface area (Å²) in [6, 6.07) is 8.50. The fourth-order valence-electron chi connectivity index (χ4n) is 2.97. The van der Waals surface area contributed by atoms with Crippen molar-refractivity contribution in [2.45, 2.75) is 6.42 Å². The fourth-order valence-corrected chi connectivity index (χ4v) is 3.78. The van der Waals surface area contributed by atoms with Crippen molar-refractivity contribution in [3.05, 3.63) is 41.3 Å². The second-order valence-electron chi connectivity index (χ2n) is 6.26. The molecule has 29 heavy (non-hydrogen) atoms. The summed E-state index contributed by atoms with van der Waals surface area (Å²) >= 11 is 1.13. The Morgan fingerprint density at radius 3 is 2.76 bits per heavy atom. The number of esters is 1. The van der Waals surface area contributed by atoms with Gasteiger partial charge in [-0.25, -0.2) is 0 Å². The van der Waals surface area contributed by atoms with E-state index in [1.807, 2.05) is 0 Å². The van der Waals surface area contributed by atoms with E-state index in [-0.39, 0.29) is 29.4 Å². The highest BCUT2D eigenvalue weighted by molar-refractivity contribution is 7.14. The first-order valence-electron chi connectivity index (χ1n) is 8.68. The van der Waals surface area contributed by atoms with Crippen LogP contribution in [0.1, 0.15) is 16.8 Å². The Morgan fingerprint density at radius 2 is 2.03 bits per heavy atom. The number of carbonyl (C=O) groups excluding carboxylic acids is 4. The lowest BCUT2D eigenvalue weighted by Crippen LogP contribution is -2.28. The van der Waals surface area contributed by atoms with Crippen LogP contribution in [-0.4, -0.2) is 44.0 Å². The highest BCUT2D eigenvalue weighted by Crippen LogP contribution is 2.33. The third kappa shape index (κ3) is 4.54. The van der Waals surface area contributed by atoms with Gasteiger partial charge in [0.25, 0.3) is 11.8 Å². The van der Waals surface area contributed by atoms with Gasteiger partial charge in [-0.15, -0.1) is 11.3 Å². The highest BCUT2D eigenvalue weighted by Gasteiger charge is 2.37. The molecule has 0 spiro atoms. The van der Waals surface area contributed by atoms with Gasteiger partial charge >= 0.3 is 5.97 Å². The number of nitrogens with zero attached hydrogens (tertiary/aromatic N) is 1. The molecule has 0 unspecified atom stereocenters. The first kappa shape index (κ1) is 20.3. The molecule has 1 saturated heterocycles. The Kier molecular flexibility index (Phi) is 6.13. The zero-order valence-corrected chi connectivity index (χ0v) is 16.4. The SMILES string of the molecule is COc1ccccc1N1C[C@@H](C(=O)OCC(=O)Nc2sccc2C(N)=O)CC1=O. The summed E-state index contributed by atoms with van der Waals surface area (Å²) < 4.78 is 10.3. The first-order valence-corrected chi connectivity index (χ1v) is 9.55. The predicted octanol–water partition coefficient (Wildman–Crippen LogP) is 1.39. The number of hydrogen-bond donors (Lipinski definition) is 2. The van der Waals surface area contributed by atoms with Gasteiger partial charge in [0.05, 0.1) is 24.3 Å². The van der Waals surface area contributed by atoms with Gasteiger partial charge in [0.2, 0.25) is 5.91 Å². The van der Waals surface area contributed by atoms with E-state index in [0.29, 0.717) is 11.4 Å². The van der Waals surface area contributed by atoms with Crippen LogP contribution in [0.4, 0.5) is 10.7 Å². The Labute approximate surface area is 170 Å². The zero-order valence-electron chi connectivity index (χ0n) is 15.5. The van der Waals surface area contributed by atoms with Crippen LogP contribution in [0.2, 0.25) is 0 Å². The van der Waals surface area contributed by atoms with Crippen molar-refractivity contribution in [3.8, 4) is 5.75 Å². The number of rotatable bonds is 7. The summed E-state index contributed by atoms with van der Waals surface area (Å²) in [6.07, 6.45) is -0.0186. The monoisotopic (exact) mass is 417 g/mol. The molecule has 0 radical (unpaired) electrons. The maximum absolute atomic E-state index is 12.3. The summed E-state index contributed by atoms with van der Waals surface area (Å²) in [5.41, 5.74) is 5.98. The van der Waals surface area contributed by atoms with Crippen LogP contribution >= 0.6 is 11.3 Å². The van der Waals surface area contributed by atoms with Gasteiger partial charge in [-0.3, -0.25) is 19.2 Å². The largest absolute Gasteiger partial charge is 0.495 e. The minimum Gasteiger partial charge on any atom is -0.495 e. The van der Waals surface area contributed by atoms with Crippen molar-refractivity contribution in [2.24, 2.45) is 11.7 Å². The molecule has 2 aromatic rings. The third-order valence-corrected chi connectivity index (χ3v) is 5.19. The molecule has 3 N–H and O–H groups in total. The Hall–Kier alpha value is -3.40. The Bertz CT molecular complexity index is 957. The van der Waals surface area contributed by atoms with Crippen molar-refractivity contribution in [1.82, 2.24) is 0 Å². The van der Waals surface area contributed by atoms with Crippen molar-refractivity contribution in [2.75, 3.05) is 30.5 Å². The average molecular weight is 417 g/mol. The molecule has 1 aliphatic rings. The molecule has 0 aliphatic carbocycles. The molecule has 3 rings (SSSR count). The molecule has 0 bridgehead atoms. The van der Waals surface area contributed by atoms with Gasteiger partial charge < -0.3 is 25.4 Å². The average Bonchev–Trinajstić information content (AvgIpc) is 3.32. The molecule has 9 nitrogen and oxygen atoms in total. The highest BCUT2D eigenvalue weighted by atomic mass is 32.1. The van der Waals surface area contributed by atoms with E-state index in [4.69, 9.17) is 15.2 Å². The molecule has 3 amide bonds. The predicted molar refractivity (Wildman–Crippen MR) is 106 cm³/mol. The van der Waals surface area contributed by atoms with E-state index in [2.05, 4.69) is 5.32 Å². The zero-order chi connectivity index (χ0) is 21.0. The first-order chi connectivity index (χ1) is 13.9. The Morgan fingerprint density at radius 1 is 1.28 bits per heavy atom. The molecule has 1 aliphatic heterocycles. The number of hydrogen-bond acceptors (Lipinski definition) is 7. The van der Waals surface area contributed by atoms with E-state index < -0.39 is 30.3 Å². The molecule has 1 atom stereocenters. The molecular formula is C19H19N3O6S. The number of ether oxygens (including phenoxy) is 2. The normalized spacial score (nSPS) is 15.8. The lowest BCUT2D eigenvalue weighted by atomic mass is 10.1. The van der Waals surface area contributed by atoms with Crippen LogP contribution in [0.5, 0.6) is 5.75 Å². The Balaban J connectivity index is 1.56. The van der Waals surface area contributed by atoms with Gasteiger partial charge in [0, 0.05) is 13.0 Å². The number of nitrogens with one attached hydrogen (secondary N) is 1. The number of para-hydroxylation sites is 2. The number of anilines is 2. The van der Waals surface area contributed by atoms with Gasteiger partial charge in [0.1, 0.15) is 10.8 Å². The van der Waals surface area contributed by atoms with Gasteiger partial charge in [-0.1, -0.05) is 12.1 Å². The van der Waals surface area contributed by atoms with E-state index in [1.165, 1.54) is 18.1 Å². The number of nitrogens with two attached hydrogens (primary N) is 1. The number of thiophene rings is 1. The van der Waals surface area contributed by atoms with Crippen LogP contribution in [-0.2, 0) is 19.1 Å².